The Balaban J connectivity index is 1.97. The van der Waals surface area contributed by atoms with Gasteiger partial charge < -0.3 is 14.8 Å². The van der Waals surface area contributed by atoms with E-state index in [2.05, 4.69) is 26.1 Å². The number of hydrogen-bond donors (Lipinski definition) is 1. The van der Waals surface area contributed by atoms with Crippen molar-refractivity contribution >= 4 is 11.6 Å². The second kappa shape index (κ2) is 8.96. The Morgan fingerprint density at radius 3 is 2.46 bits per heavy atom. The van der Waals surface area contributed by atoms with Crippen LogP contribution in [0.25, 0.3) is 0 Å². The maximum absolute atomic E-state index is 12.4. The molecule has 0 aromatic heterocycles. The molecule has 0 radical (unpaired) electrons. The molecule has 0 saturated carbocycles. The average Bonchev–Trinajstić information content (AvgIpc) is 2.59. The highest BCUT2D eigenvalue weighted by molar-refractivity contribution is 6.04. The van der Waals surface area contributed by atoms with Gasteiger partial charge >= 0.3 is 0 Å². The first kappa shape index (κ1) is 17.9. The van der Waals surface area contributed by atoms with Crippen LogP contribution in [0.15, 0.2) is 48.5 Å². The van der Waals surface area contributed by atoms with E-state index in [9.17, 15) is 4.79 Å². The third-order valence-electron chi connectivity index (χ3n) is 3.26. The van der Waals surface area contributed by atoms with Crippen molar-refractivity contribution in [2.24, 2.45) is 5.92 Å². The van der Waals surface area contributed by atoms with Crippen LogP contribution in [0, 0.1) is 5.92 Å². The van der Waals surface area contributed by atoms with Crippen LogP contribution in [0.2, 0.25) is 0 Å². The molecule has 0 aliphatic carbocycles. The number of nitrogens with one attached hydrogen (secondary N) is 1. The average molecular weight is 327 g/mol. The molecule has 0 atom stereocenters. The van der Waals surface area contributed by atoms with Crippen molar-refractivity contribution in [3.63, 3.8) is 0 Å². The van der Waals surface area contributed by atoms with Crippen LogP contribution in [0.1, 0.15) is 37.6 Å². The van der Waals surface area contributed by atoms with Crippen LogP contribution in [0.3, 0.4) is 0 Å². The molecule has 0 spiro atoms. The minimum Gasteiger partial charge on any atom is -0.494 e. The molecule has 0 heterocycles. The van der Waals surface area contributed by atoms with Crippen molar-refractivity contribution in [1.29, 1.82) is 0 Å². The van der Waals surface area contributed by atoms with Gasteiger partial charge in [-0.25, -0.2) is 0 Å². The van der Waals surface area contributed by atoms with E-state index in [1.54, 1.807) is 12.1 Å². The Hall–Kier alpha value is -2.49. The summed E-state index contributed by atoms with van der Waals surface area (Å²) in [6.45, 7) is 7.56. The molecule has 0 fully saturated rings. The van der Waals surface area contributed by atoms with Gasteiger partial charge in [-0.2, -0.15) is 0 Å². The first-order valence-electron chi connectivity index (χ1n) is 8.35. The van der Waals surface area contributed by atoms with Gasteiger partial charge in [0, 0.05) is 11.3 Å². The van der Waals surface area contributed by atoms with Gasteiger partial charge in [-0.3, -0.25) is 4.79 Å². The highest BCUT2D eigenvalue weighted by Gasteiger charge is 2.08. The smallest absolute Gasteiger partial charge is 0.255 e. The number of carbonyl (C=O) groups excluding carboxylic acids is 1. The monoisotopic (exact) mass is 327 g/mol. The lowest BCUT2D eigenvalue weighted by molar-refractivity contribution is 0.102. The summed E-state index contributed by atoms with van der Waals surface area (Å²) in [6.07, 6.45) is 0.966. The molecule has 0 saturated heterocycles. The fraction of sp³-hybridized carbons (Fsp3) is 0.350. The normalized spacial score (nSPS) is 10.5. The zero-order valence-electron chi connectivity index (χ0n) is 14.5. The van der Waals surface area contributed by atoms with Crippen molar-refractivity contribution in [3.8, 4) is 11.5 Å². The molecule has 1 N–H and O–H groups in total. The molecule has 1 amide bonds. The first-order valence-corrected chi connectivity index (χ1v) is 8.35. The van der Waals surface area contributed by atoms with Crippen LogP contribution in [0.5, 0.6) is 11.5 Å². The molecule has 0 bridgehead atoms. The van der Waals surface area contributed by atoms with Gasteiger partial charge in [-0.1, -0.05) is 26.8 Å². The predicted octanol–water partition coefficient (Wildman–Crippen LogP) is 4.76. The van der Waals surface area contributed by atoms with Gasteiger partial charge in [-0.15, -0.1) is 0 Å². The fourth-order valence-electron chi connectivity index (χ4n) is 2.05. The van der Waals surface area contributed by atoms with E-state index in [-0.39, 0.29) is 5.91 Å². The van der Waals surface area contributed by atoms with Crippen LogP contribution in [0.4, 0.5) is 5.69 Å². The third kappa shape index (κ3) is 5.61. The molecule has 4 heteroatoms. The number of rotatable bonds is 8. The van der Waals surface area contributed by atoms with Crippen molar-refractivity contribution < 1.29 is 14.3 Å². The zero-order valence-corrected chi connectivity index (χ0v) is 14.5. The number of amides is 1. The van der Waals surface area contributed by atoms with E-state index in [4.69, 9.17) is 9.47 Å². The molecule has 0 aliphatic rings. The topological polar surface area (TPSA) is 47.6 Å². The van der Waals surface area contributed by atoms with E-state index >= 15 is 0 Å². The van der Waals surface area contributed by atoms with E-state index in [1.165, 1.54) is 0 Å². The van der Waals surface area contributed by atoms with Crippen molar-refractivity contribution in [2.75, 3.05) is 18.5 Å². The Labute approximate surface area is 143 Å². The minimum atomic E-state index is -0.160. The lowest BCUT2D eigenvalue weighted by Crippen LogP contribution is -2.12. The van der Waals surface area contributed by atoms with E-state index in [0.29, 0.717) is 30.4 Å². The second-order valence-corrected chi connectivity index (χ2v) is 6.06. The summed E-state index contributed by atoms with van der Waals surface area (Å²) in [6, 6.07) is 14.6. The number of anilines is 1. The summed E-state index contributed by atoms with van der Waals surface area (Å²) in [7, 11) is 0. The van der Waals surface area contributed by atoms with Crippen LogP contribution in [-0.2, 0) is 0 Å². The van der Waals surface area contributed by atoms with Gasteiger partial charge in [0.2, 0.25) is 0 Å². The summed E-state index contributed by atoms with van der Waals surface area (Å²) in [5.41, 5.74) is 1.31. The predicted molar refractivity (Wildman–Crippen MR) is 97.0 cm³/mol. The van der Waals surface area contributed by atoms with Crippen LogP contribution < -0.4 is 14.8 Å². The zero-order chi connectivity index (χ0) is 17.4. The second-order valence-electron chi connectivity index (χ2n) is 6.06. The quantitative estimate of drug-likeness (QED) is 0.760. The van der Waals surface area contributed by atoms with Gasteiger partial charge in [-0.05, 0) is 54.8 Å². The SMILES string of the molecule is CCCOc1ccc(NC(=O)c2cccc(OCC(C)C)c2)cc1. The molecule has 128 valence electrons. The lowest BCUT2D eigenvalue weighted by Gasteiger charge is -2.11. The molecule has 2 aromatic rings. The minimum absolute atomic E-state index is 0.160. The molecular formula is C20H25NO3. The van der Waals surface area contributed by atoms with Crippen molar-refractivity contribution in [2.45, 2.75) is 27.2 Å². The summed E-state index contributed by atoms with van der Waals surface area (Å²) in [4.78, 5) is 12.4. The molecule has 2 rings (SSSR count). The van der Waals surface area contributed by atoms with E-state index in [1.807, 2.05) is 36.4 Å². The summed E-state index contributed by atoms with van der Waals surface area (Å²) >= 11 is 0. The van der Waals surface area contributed by atoms with Gasteiger partial charge in [0.05, 0.1) is 13.2 Å². The maximum Gasteiger partial charge on any atom is 0.255 e. The Kier molecular flexibility index (Phi) is 6.67. The van der Waals surface area contributed by atoms with Gasteiger partial charge in [0.15, 0.2) is 0 Å². The highest BCUT2D eigenvalue weighted by atomic mass is 16.5. The Morgan fingerprint density at radius 2 is 1.79 bits per heavy atom. The highest BCUT2D eigenvalue weighted by Crippen LogP contribution is 2.18. The van der Waals surface area contributed by atoms with Gasteiger partial charge in [0.25, 0.3) is 5.91 Å². The lowest BCUT2D eigenvalue weighted by atomic mass is 10.2. The summed E-state index contributed by atoms with van der Waals surface area (Å²) in [5, 5.41) is 2.88. The molecule has 24 heavy (non-hydrogen) atoms. The number of carbonyl (C=O) groups is 1. The molecule has 0 unspecified atom stereocenters. The van der Waals surface area contributed by atoms with Crippen LogP contribution >= 0.6 is 0 Å². The summed E-state index contributed by atoms with van der Waals surface area (Å²) < 4.78 is 11.2. The third-order valence-corrected chi connectivity index (χ3v) is 3.26. The van der Waals surface area contributed by atoms with Crippen molar-refractivity contribution in [1.82, 2.24) is 0 Å². The maximum atomic E-state index is 12.4. The largest absolute Gasteiger partial charge is 0.494 e. The van der Waals surface area contributed by atoms with Crippen molar-refractivity contribution in [3.05, 3.63) is 54.1 Å². The standard InChI is InChI=1S/C20H25NO3/c1-4-12-23-18-10-8-17(9-11-18)21-20(22)16-6-5-7-19(13-16)24-14-15(2)3/h5-11,13,15H,4,12,14H2,1-3H3,(H,21,22). The van der Waals surface area contributed by atoms with E-state index in [0.717, 1.165) is 17.9 Å². The Morgan fingerprint density at radius 1 is 1.04 bits per heavy atom. The van der Waals surface area contributed by atoms with Gasteiger partial charge in [0.1, 0.15) is 11.5 Å². The van der Waals surface area contributed by atoms with Crippen LogP contribution in [-0.4, -0.2) is 19.1 Å². The van der Waals surface area contributed by atoms with E-state index < -0.39 is 0 Å². The molecular weight excluding hydrogens is 302 g/mol. The molecule has 4 nitrogen and oxygen atoms in total. The fourth-order valence-corrected chi connectivity index (χ4v) is 2.05. The number of ether oxygens (including phenoxy) is 2. The number of benzene rings is 2. The molecule has 2 aromatic carbocycles. The first-order chi connectivity index (χ1) is 11.6. The summed E-state index contributed by atoms with van der Waals surface area (Å²) in [5.74, 6) is 1.79. The number of hydrogen-bond acceptors (Lipinski definition) is 3. The molecule has 0 aliphatic heterocycles. The Bertz CT molecular complexity index is 650.